The number of carbonyl (C=O) groups is 2. The zero-order valence-electron chi connectivity index (χ0n) is 12.3. The van der Waals surface area contributed by atoms with Crippen molar-refractivity contribution in [1.29, 1.82) is 0 Å². The summed E-state index contributed by atoms with van der Waals surface area (Å²) in [6, 6.07) is 8.81. The van der Waals surface area contributed by atoms with Crippen LogP contribution in [0, 0.1) is 0 Å². The normalized spacial score (nSPS) is 10.4. The number of pyridine rings is 2. The molecule has 0 saturated heterocycles. The number of nitrogen functional groups attached to an aromatic ring is 1. The van der Waals surface area contributed by atoms with E-state index in [9.17, 15) is 9.59 Å². The van der Waals surface area contributed by atoms with Crippen LogP contribution in [0.2, 0.25) is 0 Å². The molecule has 120 valence electrons. The third-order valence-corrected chi connectivity index (χ3v) is 3.75. The molecule has 0 atom stereocenters. The van der Waals surface area contributed by atoms with Crippen LogP contribution in [-0.2, 0) is 0 Å². The highest BCUT2D eigenvalue weighted by molar-refractivity contribution is 9.10. The number of hydrogen-bond acceptors (Lipinski definition) is 5. The second kappa shape index (κ2) is 6.63. The van der Waals surface area contributed by atoms with Gasteiger partial charge in [-0.25, -0.2) is 0 Å². The molecule has 8 heteroatoms. The van der Waals surface area contributed by atoms with E-state index in [4.69, 9.17) is 5.73 Å². The molecular formula is C16H12BrN5O2. The molecule has 0 aliphatic heterocycles. The van der Waals surface area contributed by atoms with E-state index >= 15 is 0 Å². The quantitative estimate of drug-likeness (QED) is 0.584. The van der Waals surface area contributed by atoms with Crippen molar-refractivity contribution in [3.05, 3.63) is 64.5 Å². The summed E-state index contributed by atoms with van der Waals surface area (Å²) in [6.07, 6.45) is 4.31. The Kier molecular flexibility index (Phi) is 4.39. The van der Waals surface area contributed by atoms with Crippen LogP contribution >= 0.6 is 15.9 Å². The summed E-state index contributed by atoms with van der Waals surface area (Å²) < 4.78 is 0.657. The number of hydrazine groups is 1. The van der Waals surface area contributed by atoms with Crippen LogP contribution < -0.4 is 16.6 Å². The number of benzene rings is 1. The van der Waals surface area contributed by atoms with Crippen molar-refractivity contribution in [2.75, 3.05) is 5.73 Å². The molecule has 7 nitrogen and oxygen atoms in total. The minimum Gasteiger partial charge on any atom is -0.397 e. The highest BCUT2D eigenvalue weighted by Gasteiger charge is 2.14. The first-order valence-corrected chi connectivity index (χ1v) is 7.70. The number of nitrogens with zero attached hydrogens (tertiary/aromatic N) is 2. The fourth-order valence-corrected chi connectivity index (χ4v) is 2.50. The Bertz CT molecular complexity index is 945. The third kappa shape index (κ3) is 3.18. The Hall–Kier alpha value is -3.00. The molecule has 0 unspecified atom stereocenters. The van der Waals surface area contributed by atoms with Gasteiger partial charge in [-0.2, -0.15) is 0 Å². The van der Waals surface area contributed by atoms with E-state index in [0.717, 1.165) is 0 Å². The van der Waals surface area contributed by atoms with E-state index in [-0.39, 0.29) is 5.56 Å². The lowest BCUT2D eigenvalue weighted by molar-refractivity contribution is 0.0846. The number of nitrogens with one attached hydrogen (secondary N) is 2. The van der Waals surface area contributed by atoms with Gasteiger partial charge in [-0.1, -0.05) is 18.2 Å². The molecule has 2 aromatic heterocycles. The van der Waals surface area contributed by atoms with E-state index < -0.39 is 11.8 Å². The molecule has 3 rings (SSSR count). The SMILES string of the molecule is Nc1c(C(=O)NNC(=O)c2cncc(Br)c2)cnc2ccccc12. The molecule has 2 amide bonds. The summed E-state index contributed by atoms with van der Waals surface area (Å²) >= 11 is 3.23. The maximum atomic E-state index is 12.2. The van der Waals surface area contributed by atoms with Crippen molar-refractivity contribution >= 4 is 44.3 Å². The number of anilines is 1. The summed E-state index contributed by atoms with van der Waals surface area (Å²) in [5.41, 5.74) is 12.1. The van der Waals surface area contributed by atoms with E-state index in [1.54, 1.807) is 24.4 Å². The minimum atomic E-state index is -0.554. The molecule has 0 radical (unpaired) electrons. The molecule has 0 saturated carbocycles. The van der Waals surface area contributed by atoms with Gasteiger partial charge in [0, 0.05) is 28.4 Å². The first-order valence-electron chi connectivity index (χ1n) is 6.90. The highest BCUT2D eigenvalue weighted by Crippen LogP contribution is 2.22. The Morgan fingerprint density at radius 2 is 1.79 bits per heavy atom. The van der Waals surface area contributed by atoms with Gasteiger partial charge in [0.2, 0.25) is 0 Å². The second-order valence-electron chi connectivity index (χ2n) is 4.90. The zero-order chi connectivity index (χ0) is 17.1. The van der Waals surface area contributed by atoms with Crippen molar-refractivity contribution < 1.29 is 9.59 Å². The average molecular weight is 386 g/mol. The number of halogens is 1. The Morgan fingerprint density at radius 3 is 2.58 bits per heavy atom. The zero-order valence-corrected chi connectivity index (χ0v) is 13.9. The first-order chi connectivity index (χ1) is 11.6. The first kappa shape index (κ1) is 15.9. The van der Waals surface area contributed by atoms with Gasteiger partial charge in [0.05, 0.1) is 22.3 Å². The van der Waals surface area contributed by atoms with Gasteiger partial charge < -0.3 is 5.73 Å². The van der Waals surface area contributed by atoms with Crippen LogP contribution in [0.5, 0.6) is 0 Å². The van der Waals surface area contributed by atoms with Gasteiger partial charge in [-0.3, -0.25) is 30.4 Å². The maximum absolute atomic E-state index is 12.2. The van der Waals surface area contributed by atoms with Crippen molar-refractivity contribution in [2.45, 2.75) is 0 Å². The lowest BCUT2D eigenvalue weighted by Crippen LogP contribution is -2.42. The molecule has 0 spiro atoms. The van der Waals surface area contributed by atoms with Crippen LogP contribution in [0.15, 0.2) is 53.4 Å². The largest absolute Gasteiger partial charge is 0.397 e. The van der Waals surface area contributed by atoms with Crippen LogP contribution in [0.25, 0.3) is 10.9 Å². The van der Waals surface area contributed by atoms with Crippen molar-refractivity contribution in [1.82, 2.24) is 20.8 Å². The maximum Gasteiger partial charge on any atom is 0.273 e. The summed E-state index contributed by atoms with van der Waals surface area (Å²) in [5.74, 6) is -1.05. The topological polar surface area (TPSA) is 110 Å². The lowest BCUT2D eigenvalue weighted by atomic mass is 10.1. The third-order valence-electron chi connectivity index (χ3n) is 3.32. The minimum absolute atomic E-state index is 0.182. The van der Waals surface area contributed by atoms with Crippen LogP contribution in [0.3, 0.4) is 0 Å². The molecule has 1 aromatic carbocycles. The second-order valence-corrected chi connectivity index (χ2v) is 5.82. The number of amides is 2. The molecule has 0 fully saturated rings. The lowest BCUT2D eigenvalue weighted by Gasteiger charge is -2.10. The fourth-order valence-electron chi connectivity index (χ4n) is 2.13. The molecular weight excluding hydrogens is 374 g/mol. The molecule has 2 heterocycles. The van der Waals surface area contributed by atoms with Crippen molar-refractivity contribution in [3.8, 4) is 0 Å². The van der Waals surface area contributed by atoms with Crippen molar-refractivity contribution in [2.24, 2.45) is 0 Å². The highest BCUT2D eigenvalue weighted by atomic mass is 79.9. The van der Waals surface area contributed by atoms with Gasteiger partial charge in [0.1, 0.15) is 0 Å². The van der Waals surface area contributed by atoms with Gasteiger partial charge >= 0.3 is 0 Å². The number of nitrogens with two attached hydrogens (primary N) is 1. The van der Waals surface area contributed by atoms with Crippen LogP contribution in [0.1, 0.15) is 20.7 Å². The standard InChI is InChI=1S/C16H12BrN5O2/c17-10-5-9(6-19-7-10)15(23)21-22-16(24)12-8-20-13-4-2-1-3-11(13)14(12)18/h1-8H,(H2,18,20)(H,21,23)(H,22,24). The fraction of sp³-hybridized carbons (Fsp3) is 0. The van der Waals surface area contributed by atoms with Gasteiger partial charge in [-0.15, -0.1) is 0 Å². The Morgan fingerprint density at radius 1 is 1.04 bits per heavy atom. The number of fused-ring (bicyclic) bond motifs is 1. The van der Waals surface area contributed by atoms with Crippen LogP contribution in [0.4, 0.5) is 5.69 Å². The summed E-state index contributed by atoms with van der Waals surface area (Å²) in [5, 5.41) is 0.674. The smallest absolute Gasteiger partial charge is 0.273 e. The summed E-state index contributed by atoms with van der Waals surface area (Å²) in [7, 11) is 0. The monoisotopic (exact) mass is 385 g/mol. The molecule has 24 heavy (non-hydrogen) atoms. The number of hydrogen-bond donors (Lipinski definition) is 3. The average Bonchev–Trinajstić information content (AvgIpc) is 2.60. The van der Waals surface area contributed by atoms with E-state index in [0.29, 0.717) is 26.6 Å². The van der Waals surface area contributed by atoms with E-state index in [1.807, 2.05) is 12.1 Å². The molecule has 3 aromatic rings. The van der Waals surface area contributed by atoms with Gasteiger partial charge in [-0.05, 0) is 28.1 Å². The Balaban J connectivity index is 1.76. The molecule has 4 N–H and O–H groups in total. The predicted octanol–water partition coefficient (Wildman–Crippen LogP) is 2.05. The number of rotatable bonds is 2. The molecule has 0 aliphatic rings. The predicted molar refractivity (Wildman–Crippen MR) is 93.0 cm³/mol. The number of aromatic nitrogens is 2. The van der Waals surface area contributed by atoms with Crippen molar-refractivity contribution in [3.63, 3.8) is 0 Å². The van der Waals surface area contributed by atoms with Gasteiger partial charge in [0.25, 0.3) is 11.8 Å². The van der Waals surface area contributed by atoms with Gasteiger partial charge in [0.15, 0.2) is 0 Å². The number of carbonyl (C=O) groups excluding carboxylic acids is 2. The van der Waals surface area contributed by atoms with E-state index in [2.05, 4.69) is 36.7 Å². The Labute approximate surface area is 145 Å². The summed E-state index contributed by atoms with van der Waals surface area (Å²) in [4.78, 5) is 32.3. The van der Waals surface area contributed by atoms with E-state index in [1.165, 1.54) is 12.4 Å². The molecule has 0 bridgehead atoms. The molecule has 0 aliphatic carbocycles. The summed E-state index contributed by atoms with van der Waals surface area (Å²) in [6.45, 7) is 0. The number of para-hydroxylation sites is 1. The van der Waals surface area contributed by atoms with Crippen LogP contribution in [-0.4, -0.2) is 21.8 Å².